The first kappa shape index (κ1) is 24.2. The van der Waals surface area contributed by atoms with Crippen LogP contribution in [-0.4, -0.2) is 45.9 Å². The fourth-order valence-corrected chi connectivity index (χ4v) is 4.44. The molecular formula is C29H32N4O2. The van der Waals surface area contributed by atoms with Crippen molar-refractivity contribution < 1.29 is 9.59 Å². The number of carbonyl (C=O) groups excluding carboxylic acids is 2. The van der Waals surface area contributed by atoms with Crippen LogP contribution in [0.1, 0.15) is 44.1 Å². The van der Waals surface area contributed by atoms with Gasteiger partial charge in [-0.1, -0.05) is 42.5 Å². The number of likely N-dealkylation sites (N-methyl/N-ethyl adjacent to an activating group) is 1. The lowest BCUT2D eigenvalue weighted by atomic mass is 9.99. The van der Waals surface area contributed by atoms with Gasteiger partial charge in [0.25, 0.3) is 11.8 Å². The summed E-state index contributed by atoms with van der Waals surface area (Å²) in [5.41, 5.74) is 5.07. The SMILES string of the molecule is Cc1ccc2c(C)ccc(C(=O)N(C)C(CCNC(=O)c3cccn3C)Cc3ccccc3)c2n1. The molecule has 2 aromatic carbocycles. The number of carbonyl (C=O) groups is 2. The van der Waals surface area contributed by atoms with Gasteiger partial charge in [0.2, 0.25) is 0 Å². The first-order chi connectivity index (χ1) is 16.8. The lowest BCUT2D eigenvalue weighted by molar-refractivity contribution is 0.0724. The molecule has 4 aromatic rings. The maximum Gasteiger partial charge on any atom is 0.267 e. The average Bonchev–Trinajstić information content (AvgIpc) is 3.29. The van der Waals surface area contributed by atoms with E-state index in [1.807, 2.05) is 82.7 Å². The molecule has 0 saturated carbocycles. The second kappa shape index (κ2) is 10.6. The average molecular weight is 469 g/mol. The van der Waals surface area contributed by atoms with E-state index in [1.165, 1.54) is 0 Å². The molecule has 1 N–H and O–H groups in total. The van der Waals surface area contributed by atoms with Gasteiger partial charge >= 0.3 is 0 Å². The van der Waals surface area contributed by atoms with Crippen LogP contribution in [0, 0.1) is 13.8 Å². The maximum absolute atomic E-state index is 13.7. The van der Waals surface area contributed by atoms with Crippen molar-refractivity contribution >= 4 is 22.7 Å². The third-order valence-corrected chi connectivity index (χ3v) is 6.57. The number of nitrogens with one attached hydrogen (secondary N) is 1. The van der Waals surface area contributed by atoms with E-state index in [2.05, 4.69) is 17.4 Å². The van der Waals surface area contributed by atoms with Gasteiger partial charge in [0.05, 0.1) is 11.1 Å². The number of pyridine rings is 1. The number of hydrogen-bond acceptors (Lipinski definition) is 3. The quantitative estimate of drug-likeness (QED) is 0.408. The fourth-order valence-electron chi connectivity index (χ4n) is 4.44. The Bertz CT molecular complexity index is 1340. The van der Waals surface area contributed by atoms with Crippen LogP contribution in [0.5, 0.6) is 0 Å². The van der Waals surface area contributed by atoms with E-state index in [1.54, 1.807) is 15.5 Å². The number of aryl methyl sites for hydroxylation is 3. The molecule has 180 valence electrons. The van der Waals surface area contributed by atoms with E-state index in [0.29, 0.717) is 30.6 Å². The number of nitrogens with zero attached hydrogens (tertiary/aromatic N) is 3. The van der Waals surface area contributed by atoms with E-state index >= 15 is 0 Å². The Labute approximate surface area is 206 Å². The number of hydrogen-bond donors (Lipinski definition) is 1. The van der Waals surface area contributed by atoms with Gasteiger partial charge in [-0.2, -0.15) is 0 Å². The molecule has 2 heterocycles. The number of fused-ring (bicyclic) bond motifs is 1. The zero-order chi connectivity index (χ0) is 24.9. The Balaban J connectivity index is 1.56. The van der Waals surface area contributed by atoms with Crippen LogP contribution in [0.2, 0.25) is 0 Å². The van der Waals surface area contributed by atoms with Crippen molar-refractivity contribution in [1.82, 2.24) is 19.8 Å². The zero-order valence-corrected chi connectivity index (χ0v) is 20.8. The van der Waals surface area contributed by atoms with Crippen molar-refractivity contribution in [2.45, 2.75) is 32.7 Å². The third-order valence-electron chi connectivity index (χ3n) is 6.57. The summed E-state index contributed by atoms with van der Waals surface area (Å²) in [4.78, 5) is 32.8. The van der Waals surface area contributed by atoms with Crippen LogP contribution in [0.3, 0.4) is 0 Å². The van der Waals surface area contributed by atoms with Gasteiger partial charge in [0.1, 0.15) is 5.69 Å². The summed E-state index contributed by atoms with van der Waals surface area (Å²) in [6.45, 7) is 4.43. The van der Waals surface area contributed by atoms with E-state index in [-0.39, 0.29) is 17.9 Å². The molecule has 0 spiro atoms. The number of benzene rings is 2. The van der Waals surface area contributed by atoms with Crippen LogP contribution in [0.25, 0.3) is 10.9 Å². The molecule has 0 saturated heterocycles. The summed E-state index contributed by atoms with van der Waals surface area (Å²) in [5, 5.41) is 4.00. The van der Waals surface area contributed by atoms with Gasteiger partial charge in [-0.3, -0.25) is 14.6 Å². The highest BCUT2D eigenvalue weighted by Gasteiger charge is 2.24. The van der Waals surface area contributed by atoms with Crippen molar-refractivity contribution in [1.29, 1.82) is 0 Å². The predicted octanol–water partition coefficient (Wildman–Crippen LogP) is 4.69. The summed E-state index contributed by atoms with van der Waals surface area (Å²) in [6, 6.07) is 21.5. The summed E-state index contributed by atoms with van der Waals surface area (Å²) < 4.78 is 1.80. The Morgan fingerprint density at radius 1 is 1.00 bits per heavy atom. The summed E-state index contributed by atoms with van der Waals surface area (Å²) in [6.07, 6.45) is 3.17. The molecular weight excluding hydrogens is 436 g/mol. The predicted molar refractivity (Wildman–Crippen MR) is 140 cm³/mol. The number of rotatable bonds is 8. The molecule has 2 aromatic heterocycles. The summed E-state index contributed by atoms with van der Waals surface area (Å²) in [7, 11) is 3.69. The topological polar surface area (TPSA) is 67.2 Å². The van der Waals surface area contributed by atoms with E-state index in [0.717, 1.165) is 27.7 Å². The highest BCUT2D eigenvalue weighted by Crippen LogP contribution is 2.24. The van der Waals surface area contributed by atoms with Crippen molar-refractivity contribution in [2.75, 3.05) is 13.6 Å². The smallest absolute Gasteiger partial charge is 0.267 e. The van der Waals surface area contributed by atoms with Crippen LogP contribution < -0.4 is 5.32 Å². The molecule has 0 aliphatic heterocycles. The maximum atomic E-state index is 13.7. The normalized spacial score (nSPS) is 11.9. The molecule has 6 nitrogen and oxygen atoms in total. The van der Waals surface area contributed by atoms with E-state index < -0.39 is 0 Å². The zero-order valence-electron chi connectivity index (χ0n) is 20.8. The van der Waals surface area contributed by atoms with Crippen molar-refractivity contribution in [3.63, 3.8) is 0 Å². The van der Waals surface area contributed by atoms with Gasteiger partial charge in [0, 0.05) is 44.0 Å². The fraction of sp³-hybridized carbons (Fsp3) is 0.276. The third kappa shape index (κ3) is 5.43. The van der Waals surface area contributed by atoms with Gasteiger partial charge in [0.15, 0.2) is 0 Å². The Hall–Kier alpha value is -3.93. The van der Waals surface area contributed by atoms with Crippen molar-refractivity contribution in [3.05, 3.63) is 101 Å². The van der Waals surface area contributed by atoms with Gasteiger partial charge in [-0.25, -0.2) is 0 Å². The standard InChI is InChI=1S/C29H32N4O2/c1-20-12-14-25(27-24(20)15-13-21(2)31-27)29(35)33(4)23(19-22-9-6-5-7-10-22)16-17-30-28(34)26-11-8-18-32(26)3/h5-15,18,23H,16-17,19H2,1-4H3,(H,30,34). The van der Waals surface area contributed by atoms with Gasteiger partial charge in [-0.05, 0) is 62.1 Å². The van der Waals surface area contributed by atoms with Crippen LogP contribution in [0.15, 0.2) is 72.9 Å². The largest absolute Gasteiger partial charge is 0.351 e. The number of amides is 2. The highest BCUT2D eigenvalue weighted by atomic mass is 16.2. The first-order valence-electron chi connectivity index (χ1n) is 11.9. The lowest BCUT2D eigenvalue weighted by Crippen LogP contribution is -2.41. The van der Waals surface area contributed by atoms with E-state index in [4.69, 9.17) is 4.98 Å². The second-order valence-corrected chi connectivity index (χ2v) is 9.09. The molecule has 0 aliphatic rings. The monoisotopic (exact) mass is 468 g/mol. The molecule has 0 aliphatic carbocycles. The molecule has 0 bridgehead atoms. The molecule has 1 unspecified atom stereocenters. The molecule has 1 atom stereocenters. The van der Waals surface area contributed by atoms with Crippen molar-refractivity contribution in [2.24, 2.45) is 7.05 Å². The van der Waals surface area contributed by atoms with Crippen molar-refractivity contribution in [3.8, 4) is 0 Å². The minimum absolute atomic E-state index is 0.0669. The minimum atomic E-state index is -0.117. The molecule has 2 amide bonds. The first-order valence-corrected chi connectivity index (χ1v) is 11.9. The van der Waals surface area contributed by atoms with Gasteiger partial charge in [-0.15, -0.1) is 0 Å². The second-order valence-electron chi connectivity index (χ2n) is 9.09. The van der Waals surface area contributed by atoms with Crippen LogP contribution in [-0.2, 0) is 13.5 Å². The molecule has 6 heteroatoms. The molecule has 0 fully saturated rings. The molecule has 4 rings (SSSR count). The molecule has 0 radical (unpaired) electrons. The Morgan fingerprint density at radius 3 is 2.49 bits per heavy atom. The van der Waals surface area contributed by atoms with Crippen LogP contribution >= 0.6 is 0 Å². The number of aromatic nitrogens is 2. The summed E-state index contributed by atoms with van der Waals surface area (Å²) >= 11 is 0. The lowest BCUT2D eigenvalue weighted by Gasteiger charge is -2.29. The minimum Gasteiger partial charge on any atom is -0.351 e. The Kier molecular flexibility index (Phi) is 7.30. The summed E-state index contributed by atoms with van der Waals surface area (Å²) in [5.74, 6) is -0.183. The Morgan fingerprint density at radius 2 is 1.77 bits per heavy atom. The highest BCUT2D eigenvalue weighted by molar-refractivity contribution is 6.06. The van der Waals surface area contributed by atoms with Crippen LogP contribution in [0.4, 0.5) is 0 Å². The molecule has 35 heavy (non-hydrogen) atoms. The van der Waals surface area contributed by atoms with Gasteiger partial charge < -0.3 is 14.8 Å². The van der Waals surface area contributed by atoms with E-state index in [9.17, 15) is 9.59 Å².